The van der Waals surface area contributed by atoms with Crippen LogP contribution >= 0.6 is 0 Å². The van der Waals surface area contributed by atoms with Gasteiger partial charge in [0, 0.05) is 30.8 Å². The molecule has 30 heavy (non-hydrogen) atoms. The largest absolute Gasteiger partial charge is 0.586 e. The lowest BCUT2D eigenvalue weighted by molar-refractivity contribution is -0.286. The molecular formula is C20H23F2N3O5. The number of nitrogens with one attached hydrogen (secondary N) is 2. The Bertz CT molecular complexity index is 918. The molecule has 10 heteroatoms. The van der Waals surface area contributed by atoms with Crippen LogP contribution in [0.1, 0.15) is 31.1 Å². The number of amides is 1. The molecule has 0 saturated carbocycles. The number of nitrogens with zero attached hydrogens (tertiary/aromatic N) is 1. The van der Waals surface area contributed by atoms with Crippen LogP contribution in [0.2, 0.25) is 0 Å². The first-order chi connectivity index (χ1) is 14.1. The zero-order valence-corrected chi connectivity index (χ0v) is 16.8. The van der Waals surface area contributed by atoms with E-state index in [0.717, 1.165) is 0 Å². The lowest BCUT2D eigenvalue weighted by Gasteiger charge is -2.34. The third kappa shape index (κ3) is 3.61. The average Bonchev–Trinajstić information content (AvgIpc) is 3.24. The average molecular weight is 423 g/mol. The van der Waals surface area contributed by atoms with Gasteiger partial charge in [-0.2, -0.15) is 0 Å². The maximum absolute atomic E-state index is 13.3. The maximum atomic E-state index is 13.3. The molecule has 2 unspecified atom stereocenters. The summed E-state index contributed by atoms with van der Waals surface area (Å²) in [7, 11) is 0. The molecule has 1 fully saturated rings. The van der Waals surface area contributed by atoms with Crippen LogP contribution in [0.3, 0.4) is 0 Å². The van der Waals surface area contributed by atoms with Gasteiger partial charge in [-0.1, -0.05) is 13.8 Å². The first-order valence-electron chi connectivity index (χ1n) is 9.69. The van der Waals surface area contributed by atoms with E-state index in [1.165, 1.54) is 29.3 Å². The smallest absolute Gasteiger partial charge is 0.463 e. The van der Waals surface area contributed by atoms with Crippen molar-refractivity contribution in [1.29, 1.82) is 0 Å². The van der Waals surface area contributed by atoms with E-state index < -0.39 is 18.2 Å². The molecule has 1 saturated heterocycles. The zero-order chi connectivity index (χ0) is 21.7. The van der Waals surface area contributed by atoms with Crippen molar-refractivity contribution in [2.45, 2.75) is 33.1 Å². The fraction of sp³-hybridized carbons (Fsp3) is 0.500. The number of fused-ring (bicyclic) bond motifs is 2. The Hall–Kier alpha value is -2.72. The van der Waals surface area contributed by atoms with Gasteiger partial charge >= 0.3 is 12.3 Å². The molecule has 0 bridgehead atoms. The van der Waals surface area contributed by atoms with Crippen molar-refractivity contribution in [3.63, 3.8) is 0 Å². The van der Waals surface area contributed by atoms with E-state index >= 15 is 0 Å². The third-order valence-corrected chi connectivity index (χ3v) is 5.61. The van der Waals surface area contributed by atoms with Crippen LogP contribution in [0, 0.1) is 11.3 Å². The molecule has 0 spiro atoms. The zero-order valence-electron chi connectivity index (χ0n) is 16.8. The van der Waals surface area contributed by atoms with Crippen molar-refractivity contribution in [3.8, 4) is 11.5 Å². The molecule has 0 aromatic heterocycles. The molecular weight excluding hydrogens is 400 g/mol. The van der Waals surface area contributed by atoms with Crippen LogP contribution in [-0.4, -0.2) is 48.8 Å². The summed E-state index contributed by atoms with van der Waals surface area (Å²) in [5.41, 5.74) is 6.31. The second-order valence-corrected chi connectivity index (χ2v) is 8.16. The number of hydrogen-bond donors (Lipinski definition) is 2. The minimum atomic E-state index is -3.76. The van der Waals surface area contributed by atoms with Crippen LogP contribution < -0.4 is 20.3 Å². The van der Waals surface area contributed by atoms with Gasteiger partial charge in [0.2, 0.25) is 0 Å². The summed E-state index contributed by atoms with van der Waals surface area (Å²) in [4.78, 5) is 27.3. The van der Waals surface area contributed by atoms with E-state index in [-0.39, 0.29) is 41.0 Å². The molecule has 2 N–H and O–H groups in total. The number of alkyl halides is 2. The number of hydrazine groups is 1. The Balaban J connectivity index is 1.69. The van der Waals surface area contributed by atoms with Crippen molar-refractivity contribution in [2.75, 3.05) is 19.7 Å². The van der Waals surface area contributed by atoms with E-state index in [1.54, 1.807) is 6.92 Å². The molecule has 1 aromatic carbocycles. The molecule has 8 nitrogen and oxygen atoms in total. The molecule has 2 atom stereocenters. The fourth-order valence-corrected chi connectivity index (χ4v) is 4.14. The highest BCUT2D eigenvalue weighted by Crippen LogP contribution is 2.42. The van der Waals surface area contributed by atoms with Gasteiger partial charge in [-0.05, 0) is 30.5 Å². The first-order valence-corrected chi connectivity index (χ1v) is 9.69. The van der Waals surface area contributed by atoms with E-state index in [1.807, 2.05) is 13.8 Å². The summed E-state index contributed by atoms with van der Waals surface area (Å²) in [6, 6.07) is 3.55. The van der Waals surface area contributed by atoms with Gasteiger partial charge in [-0.3, -0.25) is 10.2 Å². The second-order valence-electron chi connectivity index (χ2n) is 8.16. The number of hydrogen-bond acceptors (Lipinski definition) is 7. The van der Waals surface area contributed by atoms with Gasteiger partial charge in [-0.15, -0.1) is 8.78 Å². The highest BCUT2D eigenvalue weighted by molar-refractivity contribution is 5.97. The normalized spacial score (nSPS) is 25.9. The van der Waals surface area contributed by atoms with E-state index in [9.17, 15) is 18.4 Å². The Morgan fingerprint density at radius 2 is 2.00 bits per heavy atom. The first kappa shape index (κ1) is 20.5. The standard InChI is InChI=1S/C20H23F2N3O5/c1-4-28-18(27)12-9-25(10-19(2,3)13-8-23-24-16(12)13)17(26)11-5-6-14-15(7-11)30-20(21,22)29-14/h5-7,9,13,16,23-24H,4,8,10H2,1-3H3. The van der Waals surface area contributed by atoms with Crippen molar-refractivity contribution in [1.82, 2.24) is 15.8 Å². The van der Waals surface area contributed by atoms with Crippen LogP contribution in [0.25, 0.3) is 0 Å². The molecule has 1 amide bonds. The van der Waals surface area contributed by atoms with E-state index in [4.69, 9.17) is 4.74 Å². The number of benzene rings is 1. The van der Waals surface area contributed by atoms with Gasteiger partial charge < -0.3 is 19.1 Å². The number of carbonyl (C=O) groups excluding carboxylic acids is 2. The van der Waals surface area contributed by atoms with E-state index in [0.29, 0.717) is 18.7 Å². The number of rotatable bonds is 3. The molecule has 3 heterocycles. The minimum absolute atomic E-state index is 0.0291. The molecule has 3 aliphatic heterocycles. The minimum Gasteiger partial charge on any atom is -0.463 e. The van der Waals surface area contributed by atoms with Crippen LogP contribution in [-0.2, 0) is 9.53 Å². The number of carbonyl (C=O) groups is 2. The Kier molecular flexibility index (Phi) is 4.94. The summed E-state index contributed by atoms with van der Waals surface area (Å²) < 4.78 is 40.7. The lowest BCUT2D eigenvalue weighted by atomic mass is 9.74. The quantitative estimate of drug-likeness (QED) is 0.719. The number of ether oxygens (including phenoxy) is 3. The van der Waals surface area contributed by atoms with Gasteiger partial charge in [0.05, 0.1) is 18.2 Å². The highest BCUT2D eigenvalue weighted by Gasteiger charge is 2.47. The highest BCUT2D eigenvalue weighted by atomic mass is 19.3. The van der Waals surface area contributed by atoms with Crippen molar-refractivity contribution in [2.24, 2.45) is 11.3 Å². The lowest BCUT2D eigenvalue weighted by Crippen LogP contribution is -2.42. The number of esters is 1. The van der Waals surface area contributed by atoms with Gasteiger partial charge in [0.15, 0.2) is 11.5 Å². The second kappa shape index (κ2) is 7.21. The predicted molar refractivity (Wildman–Crippen MR) is 101 cm³/mol. The monoisotopic (exact) mass is 423 g/mol. The fourth-order valence-electron chi connectivity index (χ4n) is 4.14. The predicted octanol–water partition coefficient (Wildman–Crippen LogP) is 2.03. The van der Waals surface area contributed by atoms with Crippen LogP contribution in [0.5, 0.6) is 11.5 Å². The summed E-state index contributed by atoms with van der Waals surface area (Å²) >= 11 is 0. The maximum Gasteiger partial charge on any atom is 0.586 e. The molecule has 1 aromatic rings. The Morgan fingerprint density at radius 1 is 1.27 bits per heavy atom. The third-order valence-electron chi connectivity index (χ3n) is 5.61. The summed E-state index contributed by atoms with van der Waals surface area (Å²) in [5.74, 6) is -1.28. The number of halogens is 2. The Morgan fingerprint density at radius 3 is 2.73 bits per heavy atom. The van der Waals surface area contributed by atoms with Gasteiger partial charge in [-0.25, -0.2) is 10.2 Å². The van der Waals surface area contributed by atoms with Crippen LogP contribution in [0.15, 0.2) is 30.0 Å². The summed E-state index contributed by atoms with van der Waals surface area (Å²) in [5, 5.41) is 0. The molecule has 162 valence electrons. The van der Waals surface area contributed by atoms with Crippen molar-refractivity contribution >= 4 is 11.9 Å². The molecule has 4 rings (SSSR count). The molecule has 3 aliphatic rings. The SMILES string of the molecule is CCOC(=O)C1=CN(C(=O)c2ccc3c(c2)OC(F)(F)O3)CC(C)(C)C2CNNC12. The Labute approximate surface area is 172 Å². The van der Waals surface area contributed by atoms with Gasteiger partial charge in [0.1, 0.15) is 0 Å². The summed E-state index contributed by atoms with van der Waals surface area (Å²) in [6.45, 7) is 6.89. The molecule has 0 aliphatic carbocycles. The van der Waals surface area contributed by atoms with Crippen molar-refractivity contribution in [3.05, 3.63) is 35.5 Å². The van der Waals surface area contributed by atoms with E-state index in [2.05, 4.69) is 20.3 Å². The van der Waals surface area contributed by atoms with Crippen molar-refractivity contribution < 1.29 is 32.6 Å². The summed E-state index contributed by atoms with van der Waals surface area (Å²) in [6.07, 6.45) is -2.27. The topological polar surface area (TPSA) is 89.1 Å². The van der Waals surface area contributed by atoms with Crippen LogP contribution in [0.4, 0.5) is 8.78 Å². The molecule has 0 radical (unpaired) electrons. The van der Waals surface area contributed by atoms with Gasteiger partial charge in [0.25, 0.3) is 5.91 Å².